The summed E-state index contributed by atoms with van der Waals surface area (Å²) in [6.45, 7) is 2.27. The van der Waals surface area contributed by atoms with Crippen LogP contribution in [0.15, 0.2) is 0 Å². The highest BCUT2D eigenvalue weighted by molar-refractivity contribution is 5.86. The molecule has 1 heterocycles. The zero-order chi connectivity index (χ0) is 14.1. The van der Waals surface area contributed by atoms with Crippen LogP contribution in [0.5, 0.6) is 0 Å². The van der Waals surface area contributed by atoms with Gasteiger partial charge in [-0.25, -0.2) is 0 Å². The first kappa shape index (κ1) is 15.2. The molecule has 1 unspecified atom stereocenters. The monoisotopic (exact) mass is 267 g/mol. The van der Waals surface area contributed by atoms with E-state index in [4.69, 9.17) is 5.73 Å². The Balaban J connectivity index is 2.72. The highest BCUT2D eigenvalue weighted by Crippen LogP contribution is 2.30. The summed E-state index contributed by atoms with van der Waals surface area (Å²) >= 11 is 0. The van der Waals surface area contributed by atoms with Crippen molar-refractivity contribution < 1.29 is 18.0 Å². The lowest BCUT2D eigenvalue weighted by Gasteiger charge is -2.39. The molecule has 0 aliphatic carbocycles. The molecule has 1 rings (SSSR count). The number of amides is 1. The summed E-state index contributed by atoms with van der Waals surface area (Å²) < 4.78 is 38.1. The van der Waals surface area contributed by atoms with Crippen LogP contribution in [-0.4, -0.2) is 60.6 Å². The minimum absolute atomic E-state index is 0.168. The molecule has 1 fully saturated rings. The number of likely N-dealkylation sites (N-methyl/N-ethyl adjacent to an activating group) is 1. The van der Waals surface area contributed by atoms with Crippen molar-refractivity contribution in [1.82, 2.24) is 9.80 Å². The third-order valence-electron chi connectivity index (χ3n) is 3.59. The number of carbonyl (C=O) groups is 1. The average molecular weight is 267 g/mol. The summed E-state index contributed by atoms with van der Waals surface area (Å²) in [7, 11) is 3.34. The third-order valence-corrected chi connectivity index (χ3v) is 3.59. The molecule has 4 nitrogen and oxygen atoms in total. The summed E-state index contributed by atoms with van der Waals surface area (Å²) in [5, 5.41) is 0. The molecule has 1 aliphatic rings. The molecule has 18 heavy (non-hydrogen) atoms. The summed E-state index contributed by atoms with van der Waals surface area (Å²) in [5.41, 5.74) is 2.33. The van der Waals surface area contributed by atoms with Crippen molar-refractivity contribution in [1.29, 1.82) is 0 Å². The van der Waals surface area contributed by atoms with E-state index in [9.17, 15) is 18.0 Å². The van der Waals surface area contributed by atoms with E-state index < -0.39 is 17.6 Å². The van der Waals surface area contributed by atoms with Gasteiger partial charge in [0.1, 0.15) is 0 Å². The highest BCUT2D eigenvalue weighted by Gasteiger charge is 2.55. The third kappa shape index (κ3) is 2.95. The molecule has 2 N–H and O–H groups in total. The Morgan fingerprint density at radius 2 is 1.78 bits per heavy atom. The molecule has 0 radical (unpaired) electrons. The molecule has 1 amide bonds. The number of likely N-dealkylation sites (tertiary alicyclic amines) is 1. The van der Waals surface area contributed by atoms with Gasteiger partial charge in [0.05, 0.1) is 0 Å². The number of nitrogens with zero attached hydrogens (tertiary/aromatic N) is 2. The number of piperidine rings is 1. The van der Waals surface area contributed by atoms with E-state index in [0.29, 0.717) is 12.8 Å². The Kier molecular flexibility index (Phi) is 4.27. The SMILES string of the molecule is CN1CCC(N(C)C(=O)C(C)(N)C(F)(F)F)CC1. The van der Waals surface area contributed by atoms with Crippen LogP contribution in [0, 0.1) is 0 Å². The predicted octanol–water partition coefficient (Wildman–Crippen LogP) is 0.819. The van der Waals surface area contributed by atoms with Gasteiger partial charge >= 0.3 is 6.18 Å². The fraction of sp³-hybridized carbons (Fsp3) is 0.909. The Labute approximate surface area is 105 Å². The maximum absolute atomic E-state index is 12.7. The van der Waals surface area contributed by atoms with Crippen LogP contribution in [0.3, 0.4) is 0 Å². The van der Waals surface area contributed by atoms with E-state index in [1.165, 1.54) is 7.05 Å². The van der Waals surface area contributed by atoms with Crippen LogP contribution in [0.2, 0.25) is 0 Å². The van der Waals surface area contributed by atoms with E-state index in [1.807, 2.05) is 7.05 Å². The van der Waals surface area contributed by atoms with E-state index in [-0.39, 0.29) is 6.04 Å². The Morgan fingerprint density at radius 3 is 2.17 bits per heavy atom. The van der Waals surface area contributed by atoms with Crippen LogP contribution in [0.1, 0.15) is 19.8 Å². The molecule has 0 bridgehead atoms. The first-order chi connectivity index (χ1) is 8.07. The summed E-state index contributed by atoms with van der Waals surface area (Å²) in [6.07, 6.45) is -3.39. The van der Waals surface area contributed by atoms with Crippen LogP contribution in [0.4, 0.5) is 13.2 Å². The van der Waals surface area contributed by atoms with Crippen molar-refractivity contribution in [3.63, 3.8) is 0 Å². The zero-order valence-corrected chi connectivity index (χ0v) is 10.9. The van der Waals surface area contributed by atoms with Crippen molar-refractivity contribution in [2.75, 3.05) is 27.2 Å². The second-order valence-corrected chi connectivity index (χ2v) is 5.15. The van der Waals surface area contributed by atoms with Crippen molar-refractivity contribution >= 4 is 5.91 Å². The van der Waals surface area contributed by atoms with Gasteiger partial charge in [-0.05, 0) is 39.9 Å². The summed E-state index contributed by atoms with van der Waals surface area (Å²) in [4.78, 5) is 15.1. The van der Waals surface area contributed by atoms with E-state index in [0.717, 1.165) is 24.9 Å². The number of hydrogen-bond donors (Lipinski definition) is 1. The van der Waals surface area contributed by atoms with Gasteiger partial charge in [-0.15, -0.1) is 0 Å². The number of carbonyl (C=O) groups excluding carboxylic acids is 1. The van der Waals surface area contributed by atoms with Gasteiger partial charge in [-0.1, -0.05) is 0 Å². The lowest BCUT2D eigenvalue weighted by atomic mass is 9.97. The Morgan fingerprint density at radius 1 is 1.33 bits per heavy atom. The maximum Gasteiger partial charge on any atom is 0.415 e. The van der Waals surface area contributed by atoms with Crippen molar-refractivity contribution in [3.8, 4) is 0 Å². The largest absolute Gasteiger partial charge is 0.415 e. The first-order valence-electron chi connectivity index (χ1n) is 5.88. The first-order valence-corrected chi connectivity index (χ1v) is 5.88. The molecule has 0 aromatic heterocycles. The molecule has 1 atom stereocenters. The van der Waals surface area contributed by atoms with Gasteiger partial charge in [0, 0.05) is 13.1 Å². The molecule has 0 spiro atoms. The minimum Gasteiger partial charge on any atom is -0.341 e. The van der Waals surface area contributed by atoms with Crippen molar-refractivity contribution in [2.24, 2.45) is 5.73 Å². The second kappa shape index (κ2) is 5.05. The van der Waals surface area contributed by atoms with Crippen LogP contribution >= 0.6 is 0 Å². The maximum atomic E-state index is 12.7. The number of halogens is 3. The van der Waals surface area contributed by atoms with Crippen molar-refractivity contribution in [3.05, 3.63) is 0 Å². The van der Waals surface area contributed by atoms with Crippen LogP contribution in [0.25, 0.3) is 0 Å². The molecule has 7 heteroatoms. The fourth-order valence-electron chi connectivity index (χ4n) is 2.04. The van der Waals surface area contributed by atoms with Gasteiger partial charge < -0.3 is 15.5 Å². The topological polar surface area (TPSA) is 49.6 Å². The fourth-order valence-corrected chi connectivity index (χ4v) is 2.04. The number of hydrogen-bond acceptors (Lipinski definition) is 3. The number of nitrogens with two attached hydrogens (primary N) is 1. The molecule has 106 valence electrons. The van der Waals surface area contributed by atoms with E-state index in [1.54, 1.807) is 0 Å². The Bertz CT molecular complexity index is 309. The van der Waals surface area contributed by atoms with Crippen LogP contribution < -0.4 is 5.73 Å². The minimum atomic E-state index is -4.73. The van der Waals surface area contributed by atoms with Gasteiger partial charge in [-0.3, -0.25) is 4.79 Å². The second-order valence-electron chi connectivity index (χ2n) is 5.15. The lowest BCUT2D eigenvalue weighted by molar-refractivity contribution is -0.194. The summed E-state index contributed by atoms with van der Waals surface area (Å²) in [6, 6.07) is -0.168. The molecule has 0 aromatic carbocycles. The van der Waals surface area contributed by atoms with Crippen molar-refractivity contribution in [2.45, 2.75) is 37.5 Å². The molecule has 0 aromatic rings. The Hall–Kier alpha value is -0.820. The normalized spacial score (nSPS) is 22.6. The van der Waals surface area contributed by atoms with Gasteiger partial charge in [0.2, 0.25) is 0 Å². The average Bonchev–Trinajstić information content (AvgIpc) is 2.26. The smallest absolute Gasteiger partial charge is 0.341 e. The highest BCUT2D eigenvalue weighted by atomic mass is 19.4. The van der Waals surface area contributed by atoms with Gasteiger partial charge in [0.15, 0.2) is 5.54 Å². The molecular formula is C11H20F3N3O. The van der Waals surface area contributed by atoms with E-state index in [2.05, 4.69) is 4.90 Å². The standard InChI is InChI=1S/C11H20F3N3O/c1-10(15,11(12,13)14)9(18)17(3)8-4-6-16(2)7-5-8/h8H,4-7,15H2,1-3H3. The van der Waals surface area contributed by atoms with Crippen LogP contribution in [-0.2, 0) is 4.79 Å². The molecule has 1 aliphatic heterocycles. The molecular weight excluding hydrogens is 247 g/mol. The molecule has 0 saturated carbocycles. The molecule has 1 saturated heterocycles. The van der Waals surface area contributed by atoms with E-state index >= 15 is 0 Å². The quantitative estimate of drug-likeness (QED) is 0.806. The number of rotatable bonds is 2. The van der Waals surface area contributed by atoms with Gasteiger partial charge in [0.25, 0.3) is 5.91 Å². The lowest BCUT2D eigenvalue weighted by Crippen LogP contribution is -2.63. The van der Waals surface area contributed by atoms with Gasteiger partial charge in [-0.2, -0.15) is 13.2 Å². The predicted molar refractivity (Wildman–Crippen MR) is 61.9 cm³/mol. The zero-order valence-electron chi connectivity index (χ0n) is 10.9. The number of alkyl halides is 3. The summed E-state index contributed by atoms with van der Waals surface area (Å²) in [5.74, 6) is -1.07.